The van der Waals surface area contributed by atoms with Crippen LogP contribution in [0.1, 0.15) is 45.4 Å². The number of hydrogen-bond acceptors (Lipinski definition) is 3. The third kappa shape index (κ3) is 3.51. The average Bonchev–Trinajstić information content (AvgIpc) is 2.89. The second-order valence-corrected chi connectivity index (χ2v) is 7.92. The summed E-state index contributed by atoms with van der Waals surface area (Å²) in [5.41, 5.74) is 5.25. The number of nitrogens with zero attached hydrogens (tertiary/aromatic N) is 2. The van der Waals surface area contributed by atoms with E-state index in [4.69, 9.17) is 5.73 Å². The molecule has 116 valence electrons. The van der Waals surface area contributed by atoms with Gasteiger partial charge in [0.15, 0.2) is 0 Å². The molecule has 2 rings (SSSR count). The number of piperidine rings is 1. The van der Waals surface area contributed by atoms with E-state index in [-0.39, 0.29) is 12.6 Å². The monoisotopic (exact) mass is 303 g/mol. The van der Waals surface area contributed by atoms with Gasteiger partial charge in [0.25, 0.3) is 10.2 Å². The third-order valence-corrected chi connectivity index (χ3v) is 6.45. The molecule has 1 heterocycles. The number of rotatable bonds is 5. The molecule has 0 aromatic carbocycles. The summed E-state index contributed by atoms with van der Waals surface area (Å²) in [6.45, 7) is 3.04. The second-order valence-electron chi connectivity index (χ2n) is 6.04. The molecule has 0 aromatic heterocycles. The van der Waals surface area contributed by atoms with Gasteiger partial charge in [-0.3, -0.25) is 4.79 Å². The van der Waals surface area contributed by atoms with Crippen molar-refractivity contribution in [2.75, 3.05) is 19.6 Å². The number of hydrogen-bond donors (Lipinski definition) is 1. The lowest BCUT2D eigenvalue weighted by Gasteiger charge is -2.36. The summed E-state index contributed by atoms with van der Waals surface area (Å²) >= 11 is 0. The van der Waals surface area contributed by atoms with Crippen LogP contribution in [0.4, 0.5) is 0 Å². The lowest BCUT2D eigenvalue weighted by molar-refractivity contribution is -0.118. The first-order valence-electron chi connectivity index (χ1n) is 7.46. The average molecular weight is 303 g/mol. The summed E-state index contributed by atoms with van der Waals surface area (Å²) in [5.74, 6) is -0.0108. The third-order valence-electron chi connectivity index (χ3n) is 4.41. The van der Waals surface area contributed by atoms with E-state index in [1.807, 2.05) is 0 Å². The quantitative estimate of drug-likeness (QED) is 0.811. The van der Waals surface area contributed by atoms with Gasteiger partial charge in [-0.1, -0.05) is 19.8 Å². The molecule has 6 nitrogen and oxygen atoms in total. The number of primary amides is 1. The summed E-state index contributed by atoms with van der Waals surface area (Å²) in [7, 11) is -3.56. The standard InChI is InChI=1S/C13H25N3O3S/c1-11-6-8-15(9-7-11)20(18,19)16(10-13(14)17)12-4-2-3-5-12/h11-12H,2-10H2,1H3,(H2,14,17). The zero-order chi connectivity index (χ0) is 14.8. The lowest BCUT2D eigenvalue weighted by atomic mass is 10.0. The molecule has 1 saturated heterocycles. The predicted molar refractivity (Wildman–Crippen MR) is 77.0 cm³/mol. The second kappa shape index (κ2) is 6.41. The van der Waals surface area contributed by atoms with Crippen LogP contribution in [0.5, 0.6) is 0 Å². The van der Waals surface area contributed by atoms with Crippen molar-refractivity contribution in [3.05, 3.63) is 0 Å². The van der Waals surface area contributed by atoms with Crippen LogP contribution in [0.3, 0.4) is 0 Å². The Balaban J connectivity index is 2.15. The molecule has 2 N–H and O–H groups in total. The van der Waals surface area contributed by atoms with Crippen LogP contribution in [0.15, 0.2) is 0 Å². The van der Waals surface area contributed by atoms with Crippen LogP contribution < -0.4 is 5.73 Å². The molecule has 0 atom stereocenters. The summed E-state index contributed by atoms with van der Waals surface area (Å²) in [4.78, 5) is 11.2. The van der Waals surface area contributed by atoms with Gasteiger partial charge in [0.2, 0.25) is 5.91 Å². The number of carbonyl (C=O) groups is 1. The van der Waals surface area contributed by atoms with Crippen LogP contribution in [0.2, 0.25) is 0 Å². The van der Waals surface area contributed by atoms with E-state index >= 15 is 0 Å². The van der Waals surface area contributed by atoms with Gasteiger partial charge in [0.1, 0.15) is 0 Å². The Kier molecular flexibility index (Phi) is 5.04. The Hall–Kier alpha value is -0.660. The fourth-order valence-corrected chi connectivity index (χ4v) is 4.96. The number of amides is 1. The number of carbonyl (C=O) groups excluding carboxylic acids is 1. The van der Waals surface area contributed by atoms with Crippen LogP contribution >= 0.6 is 0 Å². The van der Waals surface area contributed by atoms with Crippen molar-refractivity contribution in [3.8, 4) is 0 Å². The van der Waals surface area contributed by atoms with Crippen LogP contribution in [-0.4, -0.2) is 48.6 Å². The van der Waals surface area contributed by atoms with Crippen LogP contribution in [0, 0.1) is 5.92 Å². The molecule has 2 aliphatic rings. The van der Waals surface area contributed by atoms with E-state index < -0.39 is 16.1 Å². The van der Waals surface area contributed by atoms with Gasteiger partial charge in [-0.05, 0) is 31.6 Å². The maximum atomic E-state index is 12.8. The number of nitrogens with two attached hydrogens (primary N) is 1. The molecule has 7 heteroatoms. The Morgan fingerprint density at radius 2 is 1.75 bits per heavy atom. The Labute approximate surface area is 121 Å². The normalized spacial score (nSPS) is 23.5. The highest BCUT2D eigenvalue weighted by Crippen LogP contribution is 2.28. The Morgan fingerprint density at radius 3 is 2.25 bits per heavy atom. The van der Waals surface area contributed by atoms with Crippen molar-refractivity contribution < 1.29 is 13.2 Å². The van der Waals surface area contributed by atoms with E-state index in [1.54, 1.807) is 0 Å². The Morgan fingerprint density at radius 1 is 1.20 bits per heavy atom. The molecule has 1 aliphatic heterocycles. The molecular formula is C13H25N3O3S. The molecule has 0 bridgehead atoms. The van der Waals surface area contributed by atoms with E-state index in [9.17, 15) is 13.2 Å². The Bertz CT molecular complexity index is 438. The maximum Gasteiger partial charge on any atom is 0.282 e. The highest BCUT2D eigenvalue weighted by Gasteiger charge is 2.38. The molecule has 1 amide bonds. The minimum atomic E-state index is -3.56. The zero-order valence-electron chi connectivity index (χ0n) is 12.1. The first-order valence-corrected chi connectivity index (χ1v) is 8.86. The summed E-state index contributed by atoms with van der Waals surface area (Å²) < 4.78 is 28.4. The van der Waals surface area contributed by atoms with Gasteiger partial charge in [0.05, 0.1) is 6.54 Å². The van der Waals surface area contributed by atoms with E-state index in [2.05, 4.69) is 6.92 Å². The SMILES string of the molecule is CC1CCN(S(=O)(=O)N(CC(N)=O)C2CCCC2)CC1. The van der Waals surface area contributed by atoms with Gasteiger partial charge < -0.3 is 5.73 Å². The minimum absolute atomic E-state index is 0.0631. The zero-order valence-corrected chi connectivity index (χ0v) is 12.9. The topological polar surface area (TPSA) is 83.7 Å². The summed E-state index contributed by atoms with van der Waals surface area (Å²) in [6, 6.07) is -0.0631. The van der Waals surface area contributed by atoms with Crippen molar-refractivity contribution in [2.45, 2.75) is 51.5 Å². The minimum Gasteiger partial charge on any atom is -0.369 e. The van der Waals surface area contributed by atoms with Gasteiger partial charge in [0, 0.05) is 19.1 Å². The van der Waals surface area contributed by atoms with E-state index in [0.29, 0.717) is 19.0 Å². The fraction of sp³-hybridized carbons (Fsp3) is 0.923. The summed E-state index contributed by atoms with van der Waals surface area (Å²) in [6.07, 6.45) is 5.47. The van der Waals surface area contributed by atoms with Crippen LogP contribution in [0.25, 0.3) is 0 Å². The maximum absolute atomic E-state index is 12.8. The van der Waals surface area contributed by atoms with Crippen molar-refractivity contribution in [1.82, 2.24) is 8.61 Å². The molecule has 2 fully saturated rings. The van der Waals surface area contributed by atoms with E-state index in [0.717, 1.165) is 38.5 Å². The predicted octanol–water partition coefficient (Wildman–Crippen LogP) is 0.693. The highest BCUT2D eigenvalue weighted by atomic mass is 32.2. The molecule has 0 radical (unpaired) electrons. The smallest absolute Gasteiger partial charge is 0.282 e. The fourth-order valence-electron chi connectivity index (χ4n) is 3.11. The van der Waals surface area contributed by atoms with Crippen molar-refractivity contribution >= 4 is 16.1 Å². The van der Waals surface area contributed by atoms with Crippen molar-refractivity contribution in [1.29, 1.82) is 0 Å². The van der Waals surface area contributed by atoms with Crippen molar-refractivity contribution in [3.63, 3.8) is 0 Å². The summed E-state index contributed by atoms with van der Waals surface area (Å²) in [5, 5.41) is 0. The van der Waals surface area contributed by atoms with Gasteiger partial charge in [-0.15, -0.1) is 0 Å². The highest BCUT2D eigenvalue weighted by molar-refractivity contribution is 7.86. The van der Waals surface area contributed by atoms with Gasteiger partial charge in [-0.25, -0.2) is 0 Å². The largest absolute Gasteiger partial charge is 0.369 e. The first-order chi connectivity index (χ1) is 9.41. The van der Waals surface area contributed by atoms with Crippen LogP contribution in [-0.2, 0) is 15.0 Å². The van der Waals surface area contributed by atoms with Gasteiger partial charge >= 0.3 is 0 Å². The molecular weight excluding hydrogens is 278 g/mol. The van der Waals surface area contributed by atoms with Crippen molar-refractivity contribution in [2.24, 2.45) is 11.7 Å². The molecule has 0 aromatic rings. The lowest BCUT2D eigenvalue weighted by Crippen LogP contribution is -2.52. The molecule has 1 saturated carbocycles. The van der Waals surface area contributed by atoms with Gasteiger partial charge in [-0.2, -0.15) is 17.0 Å². The molecule has 20 heavy (non-hydrogen) atoms. The molecule has 0 unspecified atom stereocenters. The van der Waals surface area contributed by atoms with E-state index in [1.165, 1.54) is 8.61 Å². The first kappa shape index (κ1) is 15.7. The molecule has 1 aliphatic carbocycles. The molecule has 0 spiro atoms.